The highest BCUT2D eigenvalue weighted by Crippen LogP contribution is 2.38. The number of nitrogens with one attached hydrogen (secondary N) is 2. The highest BCUT2D eigenvalue weighted by molar-refractivity contribution is 7.19. The molecule has 1 aromatic carbocycles. The molecule has 0 saturated carbocycles. The minimum Gasteiger partial charge on any atom is -0.388 e. The number of hydrogen-bond donors (Lipinski definition) is 4. The van der Waals surface area contributed by atoms with Crippen LogP contribution in [0, 0.1) is 5.82 Å². The maximum Gasteiger partial charge on any atom is 0.270 e. The monoisotopic (exact) mass is 472 g/mol. The molecule has 0 saturated heterocycles. The summed E-state index contributed by atoms with van der Waals surface area (Å²) in [5.74, 6) is -1.25. The largest absolute Gasteiger partial charge is 0.388 e. The Morgan fingerprint density at radius 2 is 2.06 bits per heavy atom. The van der Waals surface area contributed by atoms with Crippen molar-refractivity contribution in [2.24, 2.45) is 5.73 Å². The summed E-state index contributed by atoms with van der Waals surface area (Å²) in [6.45, 7) is 2.52. The Bertz CT molecular complexity index is 1150. The van der Waals surface area contributed by atoms with Crippen LogP contribution in [0.5, 0.6) is 0 Å². The van der Waals surface area contributed by atoms with Crippen LogP contribution in [0.1, 0.15) is 45.9 Å². The molecule has 1 unspecified atom stereocenters. The molecular weight excluding hydrogens is 447 g/mol. The Labute approximate surface area is 194 Å². The van der Waals surface area contributed by atoms with Gasteiger partial charge < -0.3 is 26.2 Å². The van der Waals surface area contributed by atoms with Crippen LogP contribution in [0.25, 0.3) is 10.4 Å². The van der Waals surface area contributed by atoms with Gasteiger partial charge in [-0.15, -0.1) is 11.3 Å². The van der Waals surface area contributed by atoms with E-state index in [2.05, 4.69) is 15.6 Å². The van der Waals surface area contributed by atoms with E-state index in [9.17, 15) is 19.1 Å². The topological polar surface area (TPSA) is 127 Å². The van der Waals surface area contributed by atoms with E-state index in [1.165, 1.54) is 19.2 Å². The fourth-order valence-electron chi connectivity index (χ4n) is 3.08. The Hall–Kier alpha value is -3.34. The summed E-state index contributed by atoms with van der Waals surface area (Å²) in [6, 6.07) is 10.8. The maximum absolute atomic E-state index is 14.8. The van der Waals surface area contributed by atoms with Crippen molar-refractivity contribution in [2.75, 3.05) is 25.6 Å². The average Bonchev–Trinajstić information content (AvgIpc) is 3.22. The number of nitrogens with zero attached hydrogens (tertiary/aromatic N) is 1. The number of rotatable bonds is 10. The molecule has 0 fully saturated rings. The number of thiophene rings is 1. The minimum absolute atomic E-state index is 0.170. The van der Waals surface area contributed by atoms with E-state index in [1.54, 1.807) is 37.3 Å². The molecule has 174 valence electrons. The van der Waals surface area contributed by atoms with Crippen molar-refractivity contribution in [2.45, 2.75) is 19.4 Å². The van der Waals surface area contributed by atoms with Gasteiger partial charge in [-0.05, 0) is 36.2 Å². The maximum atomic E-state index is 14.8. The fourth-order valence-corrected chi connectivity index (χ4v) is 4.18. The molecule has 0 aliphatic carbocycles. The number of pyridine rings is 1. The van der Waals surface area contributed by atoms with E-state index in [0.29, 0.717) is 40.8 Å². The molecule has 2 aromatic heterocycles. The standard InChI is InChI=1S/C23H25FN4O4S/c1-3-18(29)13-7-8-14(16(24)11-13)19-12-15(21(25)30)23(33-19)28-20-6-4-5-17(27-20)22(31)26-9-10-32-2/h4-8,11-12,18,29H,3,9-10H2,1-2H3,(H2,25,30)(H,26,31)(H,27,28). The number of nitrogens with two attached hydrogens (primary N) is 1. The van der Waals surface area contributed by atoms with Gasteiger partial charge in [0, 0.05) is 24.1 Å². The molecule has 3 rings (SSSR count). The molecule has 0 radical (unpaired) electrons. The van der Waals surface area contributed by atoms with Crippen LogP contribution in [0.4, 0.5) is 15.2 Å². The fraction of sp³-hybridized carbons (Fsp3) is 0.261. The van der Waals surface area contributed by atoms with Crippen molar-refractivity contribution in [1.82, 2.24) is 10.3 Å². The molecule has 0 aliphatic heterocycles. The number of aliphatic hydroxyl groups excluding tert-OH is 1. The summed E-state index contributed by atoms with van der Waals surface area (Å²) >= 11 is 1.13. The number of halogens is 1. The van der Waals surface area contributed by atoms with Crippen LogP contribution in [0.15, 0.2) is 42.5 Å². The number of aromatic nitrogens is 1. The first-order chi connectivity index (χ1) is 15.8. The normalized spacial score (nSPS) is 11.8. The van der Waals surface area contributed by atoms with Crippen molar-refractivity contribution in [3.8, 4) is 10.4 Å². The molecule has 0 bridgehead atoms. The summed E-state index contributed by atoms with van der Waals surface area (Å²) in [6.07, 6.45) is -0.283. The number of carbonyl (C=O) groups is 2. The zero-order valence-electron chi connectivity index (χ0n) is 18.2. The number of aliphatic hydroxyl groups is 1. The molecule has 8 nitrogen and oxygen atoms in total. The van der Waals surface area contributed by atoms with E-state index >= 15 is 0 Å². The third-order valence-electron chi connectivity index (χ3n) is 4.84. The number of carbonyl (C=O) groups excluding carboxylic acids is 2. The van der Waals surface area contributed by atoms with Crippen LogP contribution >= 0.6 is 11.3 Å². The van der Waals surface area contributed by atoms with E-state index in [0.717, 1.165) is 11.3 Å². The summed E-state index contributed by atoms with van der Waals surface area (Å²) < 4.78 is 19.7. The third-order valence-corrected chi connectivity index (χ3v) is 5.93. The SMILES string of the molecule is CCC(O)c1ccc(-c2cc(C(N)=O)c(Nc3cccc(C(=O)NCCOC)n3)s2)c(F)c1. The molecule has 1 atom stereocenters. The minimum atomic E-state index is -0.750. The Morgan fingerprint density at radius 1 is 1.27 bits per heavy atom. The van der Waals surface area contributed by atoms with Crippen molar-refractivity contribution < 1.29 is 23.8 Å². The molecule has 0 aliphatic rings. The van der Waals surface area contributed by atoms with Gasteiger partial charge in [0.15, 0.2) is 0 Å². The van der Waals surface area contributed by atoms with Crippen LogP contribution < -0.4 is 16.4 Å². The van der Waals surface area contributed by atoms with Crippen molar-refractivity contribution in [3.05, 3.63) is 65.1 Å². The van der Waals surface area contributed by atoms with Gasteiger partial charge in [-0.2, -0.15) is 0 Å². The van der Waals surface area contributed by atoms with Crippen molar-refractivity contribution >= 4 is 34.0 Å². The van der Waals surface area contributed by atoms with Gasteiger partial charge in [-0.3, -0.25) is 9.59 Å². The zero-order valence-corrected chi connectivity index (χ0v) is 19.0. The summed E-state index contributed by atoms with van der Waals surface area (Å²) in [5.41, 5.74) is 6.64. The first-order valence-corrected chi connectivity index (χ1v) is 11.1. The van der Waals surface area contributed by atoms with Gasteiger partial charge in [0.05, 0.1) is 18.3 Å². The lowest BCUT2D eigenvalue weighted by molar-refractivity contribution is 0.0931. The van der Waals surface area contributed by atoms with Crippen LogP contribution in [0.2, 0.25) is 0 Å². The molecular formula is C23H25FN4O4S. The molecule has 0 spiro atoms. The van der Waals surface area contributed by atoms with Gasteiger partial charge in [0.25, 0.3) is 11.8 Å². The highest BCUT2D eigenvalue weighted by atomic mass is 32.1. The van der Waals surface area contributed by atoms with Crippen LogP contribution in [0.3, 0.4) is 0 Å². The van der Waals surface area contributed by atoms with Gasteiger partial charge in [0.2, 0.25) is 0 Å². The summed E-state index contributed by atoms with van der Waals surface area (Å²) in [4.78, 5) is 29.0. The molecule has 3 aromatic rings. The van der Waals surface area contributed by atoms with E-state index in [-0.39, 0.29) is 22.7 Å². The quantitative estimate of drug-likeness (QED) is 0.334. The second-order valence-corrected chi connectivity index (χ2v) is 8.21. The average molecular weight is 473 g/mol. The van der Waals surface area contributed by atoms with E-state index < -0.39 is 17.8 Å². The number of amides is 2. The van der Waals surface area contributed by atoms with Gasteiger partial charge in [-0.1, -0.05) is 25.1 Å². The second-order valence-electron chi connectivity index (χ2n) is 7.16. The number of hydrogen-bond acceptors (Lipinski definition) is 7. The van der Waals surface area contributed by atoms with Gasteiger partial charge in [0.1, 0.15) is 22.3 Å². The van der Waals surface area contributed by atoms with E-state index in [4.69, 9.17) is 10.5 Å². The summed E-state index contributed by atoms with van der Waals surface area (Å²) in [7, 11) is 1.54. The second kappa shape index (κ2) is 11.0. The van der Waals surface area contributed by atoms with Gasteiger partial charge in [-0.25, -0.2) is 9.37 Å². The Morgan fingerprint density at radius 3 is 2.73 bits per heavy atom. The Balaban J connectivity index is 1.88. The molecule has 33 heavy (non-hydrogen) atoms. The smallest absolute Gasteiger partial charge is 0.270 e. The first kappa shape index (κ1) is 24.3. The molecule has 2 heterocycles. The lowest BCUT2D eigenvalue weighted by Crippen LogP contribution is -2.27. The number of benzene rings is 1. The van der Waals surface area contributed by atoms with Crippen molar-refractivity contribution in [3.63, 3.8) is 0 Å². The Kier molecular flexibility index (Phi) is 8.10. The highest BCUT2D eigenvalue weighted by Gasteiger charge is 2.19. The molecule has 10 heteroatoms. The lowest BCUT2D eigenvalue weighted by Gasteiger charge is -2.09. The predicted molar refractivity (Wildman–Crippen MR) is 125 cm³/mol. The first-order valence-electron chi connectivity index (χ1n) is 10.3. The van der Waals surface area contributed by atoms with Crippen LogP contribution in [-0.2, 0) is 4.74 Å². The van der Waals surface area contributed by atoms with E-state index in [1.807, 2.05) is 0 Å². The van der Waals surface area contributed by atoms with Crippen molar-refractivity contribution in [1.29, 1.82) is 0 Å². The number of methoxy groups -OCH3 is 1. The number of anilines is 2. The predicted octanol–water partition coefficient (Wildman–Crippen LogP) is 3.61. The summed E-state index contributed by atoms with van der Waals surface area (Å²) in [5, 5.41) is 16.0. The number of ether oxygens (including phenoxy) is 1. The van der Waals surface area contributed by atoms with Gasteiger partial charge >= 0.3 is 0 Å². The molecule has 5 N–H and O–H groups in total. The third kappa shape index (κ3) is 5.92. The number of primary amides is 1. The van der Waals surface area contributed by atoms with Crippen LogP contribution in [-0.4, -0.2) is 42.2 Å². The molecule has 2 amide bonds. The zero-order chi connectivity index (χ0) is 24.0. The lowest BCUT2D eigenvalue weighted by atomic mass is 10.0.